The van der Waals surface area contributed by atoms with Crippen molar-refractivity contribution in [1.82, 2.24) is 14.9 Å². The Morgan fingerprint density at radius 2 is 2.21 bits per heavy atom. The van der Waals surface area contributed by atoms with Crippen LogP contribution in [-0.2, 0) is 6.54 Å². The van der Waals surface area contributed by atoms with Gasteiger partial charge in [-0.3, -0.25) is 14.2 Å². The maximum absolute atomic E-state index is 12.2. The standard InChI is InChI=1S/C13H17N3O2S/c1-4-6-14-11(17)10-8(3)9-12(19-10)15-7-16(5-2)13(9)18/h7H,4-6H2,1-3H3,(H,14,17). The first-order chi connectivity index (χ1) is 9.10. The molecule has 2 aromatic rings. The van der Waals surface area contributed by atoms with Crippen molar-refractivity contribution in [3.05, 3.63) is 27.1 Å². The molecule has 102 valence electrons. The average molecular weight is 279 g/mol. The molecule has 6 heteroatoms. The number of carbonyl (C=O) groups excluding carboxylic acids is 1. The minimum absolute atomic E-state index is 0.0733. The van der Waals surface area contributed by atoms with Crippen molar-refractivity contribution in [2.45, 2.75) is 33.7 Å². The van der Waals surface area contributed by atoms with E-state index in [2.05, 4.69) is 10.3 Å². The highest BCUT2D eigenvalue weighted by atomic mass is 32.1. The summed E-state index contributed by atoms with van der Waals surface area (Å²) < 4.78 is 1.55. The van der Waals surface area contributed by atoms with Gasteiger partial charge < -0.3 is 5.32 Å². The van der Waals surface area contributed by atoms with Gasteiger partial charge in [-0.2, -0.15) is 0 Å². The van der Waals surface area contributed by atoms with Gasteiger partial charge in [0.25, 0.3) is 11.5 Å². The van der Waals surface area contributed by atoms with Gasteiger partial charge in [0.1, 0.15) is 4.83 Å². The molecule has 0 aromatic carbocycles. The fraction of sp³-hybridized carbons (Fsp3) is 0.462. The SMILES string of the molecule is CCCNC(=O)c1sc2ncn(CC)c(=O)c2c1C. The highest BCUT2D eigenvalue weighted by Crippen LogP contribution is 2.26. The van der Waals surface area contributed by atoms with E-state index in [1.54, 1.807) is 4.57 Å². The van der Waals surface area contributed by atoms with Crippen molar-refractivity contribution >= 4 is 27.5 Å². The first-order valence-electron chi connectivity index (χ1n) is 6.36. The molecule has 1 amide bonds. The van der Waals surface area contributed by atoms with Gasteiger partial charge in [-0.15, -0.1) is 11.3 Å². The molecule has 0 fully saturated rings. The summed E-state index contributed by atoms with van der Waals surface area (Å²) in [7, 11) is 0. The number of aryl methyl sites for hydroxylation is 2. The Bertz CT molecular complexity index is 672. The number of carbonyl (C=O) groups is 1. The molecule has 0 saturated carbocycles. The van der Waals surface area contributed by atoms with Crippen LogP contribution in [-0.4, -0.2) is 22.0 Å². The zero-order valence-corrected chi connectivity index (χ0v) is 12.1. The van der Waals surface area contributed by atoms with E-state index in [1.807, 2.05) is 20.8 Å². The van der Waals surface area contributed by atoms with Crippen LogP contribution in [0.3, 0.4) is 0 Å². The van der Waals surface area contributed by atoms with Crippen LogP contribution in [0.1, 0.15) is 35.5 Å². The monoisotopic (exact) mass is 279 g/mol. The van der Waals surface area contributed by atoms with E-state index >= 15 is 0 Å². The fourth-order valence-electron chi connectivity index (χ4n) is 1.92. The fourth-order valence-corrected chi connectivity index (χ4v) is 2.98. The number of hydrogen-bond donors (Lipinski definition) is 1. The van der Waals surface area contributed by atoms with Gasteiger partial charge in [0.2, 0.25) is 0 Å². The van der Waals surface area contributed by atoms with Crippen molar-refractivity contribution in [2.24, 2.45) is 0 Å². The van der Waals surface area contributed by atoms with Crippen molar-refractivity contribution in [3.8, 4) is 0 Å². The van der Waals surface area contributed by atoms with Crippen LogP contribution in [0.2, 0.25) is 0 Å². The molecule has 0 aliphatic carbocycles. The molecule has 0 saturated heterocycles. The summed E-state index contributed by atoms with van der Waals surface area (Å²) in [6, 6.07) is 0. The molecule has 0 atom stereocenters. The summed E-state index contributed by atoms with van der Waals surface area (Å²) in [4.78, 5) is 29.7. The van der Waals surface area contributed by atoms with E-state index in [9.17, 15) is 9.59 Å². The Labute approximate surface area is 115 Å². The van der Waals surface area contributed by atoms with E-state index in [-0.39, 0.29) is 11.5 Å². The first kappa shape index (κ1) is 13.7. The topological polar surface area (TPSA) is 64.0 Å². The molecule has 0 aliphatic rings. The minimum atomic E-state index is -0.121. The van der Waals surface area contributed by atoms with Gasteiger partial charge in [0.15, 0.2) is 0 Å². The van der Waals surface area contributed by atoms with Gasteiger partial charge in [-0.25, -0.2) is 4.98 Å². The lowest BCUT2D eigenvalue weighted by Crippen LogP contribution is -2.24. The summed E-state index contributed by atoms with van der Waals surface area (Å²) >= 11 is 1.28. The second kappa shape index (κ2) is 5.52. The van der Waals surface area contributed by atoms with Crippen LogP contribution < -0.4 is 10.9 Å². The number of nitrogens with zero attached hydrogens (tertiary/aromatic N) is 2. The summed E-state index contributed by atoms with van der Waals surface area (Å²) in [5.41, 5.74) is 0.657. The van der Waals surface area contributed by atoms with Crippen LogP contribution in [0.25, 0.3) is 10.2 Å². The van der Waals surface area contributed by atoms with Crippen LogP contribution in [0.4, 0.5) is 0 Å². The molecule has 19 heavy (non-hydrogen) atoms. The number of nitrogens with one attached hydrogen (secondary N) is 1. The lowest BCUT2D eigenvalue weighted by atomic mass is 10.2. The predicted molar refractivity (Wildman–Crippen MR) is 76.9 cm³/mol. The lowest BCUT2D eigenvalue weighted by molar-refractivity contribution is 0.0957. The number of amides is 1. The van der Waals surface area contributed by atoms with Crippen molar-refractivity contribution in [2.75, 3.05) is 6.54 Å². The Hall–Kier alpha value is -1.69. The Balaban J connectivity index is 2.54. The molecule has 0 radical (unpaired) electrons. The first-order valence-corrected chi connectivity index (χ1v) is 7.18. The number of thiophene rings is 1. The molecule has 0 aliphatic heterocycles. The van der Waals surface area contributed by atoms with Crippen LogP contribution >= 0.6 is 11.3 Å². The molecule has 0 spiro atoms. The Kier molecular flexibility index (Phi) is 3.99. The highest BCUT2D eigenvalue weighted by molar-refractivity contribution is 7.20. The third kappa shape index (κ3) is 2.40. The maximum atomic E-state index is 12.2. The van der Waals surface area contributed by atoms with Gasteiger partial charge in [0, 0.05) is 13.1 Å². The molecule has 5 nitrogen and oxygen atoms in total. The third-order valence-corrected chi connectivity index (χ3v) is 4.20. The summed E-state index contributed by atoms with van der Waals surface area (Å²) in [5.74, 6) is -0.121. The number of aromatic nitrogens is 2. The summed E-state index contributed by atoms with van der Waals surface area (Å²) in [6.45, 7) is 6.92. The summed E-state index contributed by atoms with van der Waals surface area (Å²) in [5, 5.41) is 3.40. The van der Waals surface area contributed by atoms with E-state index in [1.165, 1.54) is 17.7 Å². The molecule has 1 N–H and O–H groups in total. The number of rotatable bonds is 4. The molecule has 2 heterocycles. The summed E-state index contributed by atoms with van der Waals surface area (Å²) in [6.07, 6.45) is 2.42. The van der Waals surface area contributed by atoms with Crippen LogP contribution in [0, 0.1) is 6.92 Å². The van der Waals surface area contributed by atoms with Crippen LogP contribution in [0.15, 0.2) is 11.1 Å². The molecule has 0 bridgehead atoms. The highest BCUT2D eigenvalue weighted by Gasteiger charge is 2.18. The average Bonchev–Trinajstić information content (AvgIpc) is 2.74. The largest absolute Gasteiger partial charge is 0.351 e. The third-order valence-electron chi connectivity index (χ3n) is 3.00. The molecular weight excluding hydrogens is 262 g/mol. The quantitative estimate of drug-likeness (QED) is 0.930. The predicted octanol–water partition coefficient (Wildman–Crippen LogP) is 1.93. The van der Waals surface area contributed by atoms with E-state index in [0.29, 0.717) is 28.2 Å². The molecule has 2 aromatic heterocycles. The maximum Gasteiger partial charge on any atom is 0.262 e. The second-order valence-corrected chi connectivity index (χ2v) is 5.33. The number of fused-ring (bicyclic) bond motifs is 1. The van der Waals surface area contributed by atoms with Crippen molar-refractivity contribution in [3.63, 3.8) is 0 Å². The second-order valence-electron chi connectivity index (χ2n) is 4.33. The zero-order valence-electron chi connectivity index (χ0n) is 11.3. The van der Waals surface area contributed by atoms with E-state index in [0.717, 1.165) is 12.0 Å². The van der Waals surface area contributed by atoms with Gasteiger partial charge in [-0.1, -0.05) is 6.92 Å². The number of hydrogen-bond acceptors (Lipinski definition) is 4. The Morgan fingerprint density at radius 3 is 2.84 bits per heavy atom. The van der Waals surface area contributed by atoms with Gasteiger partial charge in [0.05, 0.1) is 16.6 Å². The van der Waals surface area contributed by atoms with Crippen molar-refractivity contribution in [1.29, 1.82) is 0 Å². The zero-order chi connectivity index (χ0) is 14.0. The van der Waals surface area contributed by atoms with E-state index in [4.69, 9.17) is 0 Å². The Morgan fingerprint density at radius 1 is 1.47 bits per heavy atom. The van der Waals surface area contributed by atoms with Gasteiger partial charge >= 0.3 is 0 Å². The normalized spacial score (nSPS) is 10.9. The van der Waals surface area contributed by atoms with Crippen LogP contribution in [0.5, 0.6) is 0 Å². The molecule has 0 unspecified atom stereocenters. The molecule has 2 rings (SSSR count). The lowest BCUT2D eigenvalue weighted by Gasteiger charge is -2.02. The van der Waals surface area contributed by atoms with Crippen molar-refractivity contribution < 1.29 is 4.79 Å². The smallest absolute Gasteiger partial charge is 0.262 e. The molecular formula is C13H17N3O2S. The van der Waals surface area contributed by atoms with Gasteiger partial charge in [-0.05, 0) is 25.8 Å². The minimum Gasteiger partial charge on any atom is -0.351 e. The van der Waals surface area contributed by atoms with E-state index < -0.39 is 0 Å².